The predicted molar refractivity (Wildman–Crippen MR) is 131 cm³/mol. The average Bonchev–Trinajstić information content (AvgIpc) is 3.25. The lowest BCUT2D eigenvalue weighted by atomic mass is 10.1. The lowest BCUT2D eigenvalue weighted by Crippen LogP contribution is -2.26. The van der Waals surface area contributed by atoms with Crippen molar-refractivity contribution < 1.29 is 14.3 Å². The van der Waals surface area contributed by atoms with E-state index in [0.717, 1.165) is 30.8 Å². The van der Waals surface area contributed by atoms with Crippen LogP contribution in [0, 0.1) is 0 Å². The van der Waals surface area contributed by atoms with Crippen molar-refractivity contribution in [3.8, 4) is 0 Å². The minimum Gasteiger partial charge on any atom is -0.444 e. The molecule has 1 heterocycles. The first-order valence-electron chi connectivity index (χ1n) is 10.7. The number of carbonyl (C=O) groups is 2. The molecule has 0 saturated carbocycles. The monoisotopic (exact) mass is 464 g/mol. The van der Waals surface area contributed by atoms with Crippen molar-refractivity contribution in [2.75, 3.05) is 28.6 Å². The van der Waals surface area contributed by atoms with Crippen LogP contribution < -0.4 is 21.3 Å². The molecule has 0 unspecified atom stereocenters. The van der Waals surface area contributed by atoms with Crippen molar-refractivity contribution in [3.63, 3.8) is 0 Å². The maximum atomic E-state index is 12.8. The summed E-state index contributed by atoms with van der Waals surface area (Å²) in [5, 5.41) is 5.79. The number of hydrogen-bond acceptors (Lipinski definition) is 5. The summed E-state index contributed by atoms with van der Waals surface area (Å²) in [7, 11) is 0. The molecule has 0 radical (unpaired) electrons. The van der Waals surface area contributed by atoms with E-state index in [2.05, 4.69) is 15.5 Å². The highest BCUT2D eigenvalue weighted by Gasteiger charge is 2.19. The zero-order chi connectivity index (χ0) is 23.2. The number of halogens is 1. The van der Waals surface area contributed by atoms with E-state index >= 15 is 0 Å². The van der Waals surface area contributed by atoms with E-state index in [0.29, 0.717) is 22.0 Å². The van der Waals surface area contributed by atoms with Crippen LogP contribution >= 0.6 is 11.6 Å². The number of rotatable bonds is 6. The first kappa shape index (κ1) is 22.6. The van der Waals surface area contributed by atoms with E-state index in [1.165, 1.54) is 6.07 Å². The third-order valence-corrected chi connectivity index (χ3v) is 5.55. The number of amides is 2. The van der Waals surface area contributed by atoms with Crippen molar-refractivity contribution >= 4 is 40.7 Å². The minimum atomic E-state index is -0.635. The van der Waals surface area contributed by atoms with Crippen molar-refractivity contribution in [2.24, 2.45) is 5.73 Å². The van der Waals surface area contributed by atoms with E-state index < -0.39 is 6.09 Å². The van der Waals surface area contributed by atoms with Crippen LogP contribution in [0.25, 0.3) is 0 Å². The second-order valence-corrected chi connectivity index (χ2v) is 8.35. The molecule has 8 heteroatoms. The molecule has 4 rings (SSSR count). The summed E-state index contributed by atoms with van der Waals surface area (Å²) >= 11 is 6.17. The molecule has 3 aromatic carbocycles. The number of anilines is 3. The fraction of sp³-hybridized carbons (Fsp3) is 0.200. The standard InChI is InChI=1S/C25H25ClN4O3/c26-19-12-18(13-22(14-19)29-25(32)33-16-17-4-2-1-3-5-17)24(31)28-21-6-8-23(9-7-21)30-11-10-20(27)15-30/h1-9,12-14,20H,10-11,15-16,27H2,(H,28,31)(H,29,32)/t20-/m0/s1. The van der Waals surface area contributed by atoms with Crippen LogP contribution in [0.4, 0.5) is 21.9 Å². The van der Waals surface area contributed by atoms with Crippen LogP contribution in [0.2, 0.25) is 5.02 Å². The number of hydrogen-bond donors (Lipinski definition) is 3. The van der Waals surface area contributed by atoms with Gasteiger partial charge < -0.3 is 20.7 Å². The van der Waals surface area contributed by atoms with Gasteiger partial charge in [-0.15, -0.1) is 0 Å². The Balaban J connectivity index is 1.36. The lowest BCUT2D eigenvalue weighted by molar-refractivity contribution is 0.102. The summed E-state index contributed by atoms with van der Waals surface area (Å²) in [5.74, 6) is -0.339. The zero-order valence-electron chi connectivity index (χ0n) is 18.0. The Morgan fingerprint density at radius 3 is 2.45 bits per heavy atom. The van der Waals surface area contributed by atoms with Gasteiger partial charge in [0.1, 0.15) is 6.61 Å². The molecule has 0 bridgehead atoms. The molecule has 1 fully saturated rings. The number of nitrogens with zero attached hydrogens (tertiary/aromatic N) is 1. The van der Waals surface area contributed by atoms with E-state index in [9.17, 15) is 9.59 Å². The van der Waals surface area contributed by atoms with Crippen molar-refractivity contribution in [1.29, 1.82) is 0 Å². The fourth-order valence-corrected chi connectivity index (χ4v) is 3.89. The summed E-state index contributed by atoms with van der Waals surface area (Å²) in [5.41, 5.74) is 9.26. The largest absolute Gasteiger partial charge is 0.444 e. The van der Waals surface area contributed by atoms with Crippen LogP contribution in [-0.2, 0) is 11.3 Å². The van der Waals surface area contributed by atoms with E-state index in [1.54, 1.807) is 12.1 Å². The summed E-state index contributed by atoms with van der Waals surface area (Å²) < 4.78 is 5.22. The van der Waals surface area contributed by atoms with Gasteiger partial charge in [-0.05, 0) is 54.4 Å². The number of ether oxygens (including phenoxy) is 1. The first-order chi connectivity index (χ1) is 16.0. The molecule has 1 atom stereocenters. The minimum absolute atomic E-state index is 0.139. The topological polar surface area (TPSA) is 96.7 Å². The SMILES string of the molecule is N[C@H]1CCN(c2ccc(NC(=O)c3cc(Cl)cc(NC(=O)OCc4ccccc4)c3)cc2)C1. The van der Waals surface area contributed by atoms with E-state index in [-0.39, 0.29) is 18.6 Å². The molecular weight excluding hydrogens is 440 g/mol. The van der Waals surface area contributed by atoms with Crippen molar-refractivity contribution in [2.45, 2.75) is 19.1 Å². The maximum absolute atomic E-state index is 12.8. The van der Waals surface area contributed by atoms with Crippen LogP contribution in [-0.4, -0.2) is 31.1 Å². The highest BCUT2D eigenvalue weighted by atomic mass is 35.5. The molecule has 7 nitrogen and oxygen atoms in total. The number of nitrogens with two attached hydrogens (primary N) is 1. The molecular formula is C25H25ClN4O3. The summed E-state index contributed by atoms with van der Waals surface area (Å²) in [6.07, 6.45) is 0.341. The Morgan fingerprint density at radius 1 is 1.00 bits per heavy atom. The van der Waals surface area contributed by atoms with E-state index in [4.69, 9.17) is 22.1 Å². The van der Waals surface area contributed by atoms with Gasteiger partial charge >= 0.3 is 6.09 Å². The molecule has 3 aromatic rings. The number of carbonyl (C=O) groups excluding carboxylic acids is 2. The normalized spacial score (nSPS) is 15.2. The molecule has 0 aromatic heterocycles. The number of benzene rings is 3. The molecule has 1 aliphatic heterocycles. The fourth-order valence-electron chi connectivity index (χ4n) is 3.65. The van der Waals surface area contributed by atoms with Crippen LogP contribution in [0.15, 0.2) is 72.8 Å². The smallest absolute Gasteiger partial charge is 0.411 e. The summed E-state index contributed by atoms with van der Waals surface area (Å²) in [6.45, 7) is 1.90. The predicted octanol–water partition coefficient (Wildman–Crippen LogP) is 4.88. The molecule has 4 N–H and O–H groups in total. The molecule has 1 aliphatic rings. The Labute approximate surface area is 197 Å². The second kappa shape index (κ2) is 10.4. The van der Waals surface area contributed by atoms with Crippen molar-refractivity contribution in [3.05, 3.63) is 88.9 Å². The summed E-state index contributed by atoms with van der Waals surface area (Å²) in [6, 6.07) is 21.8. The summed E-state index contributed by atoms with van der Waals surface area (Å²) in [4.78, 5) is 27.1. The van der Waals surface area contributed by atoms with Crippen LogP contribution in [0.5, 0.6) is 0 Å². The van der Waals surface area contributed by atoms with Gasteiger partial charge in [-0.25, -0.2) is 4.79 Å². The van der Waals surface area contributed by atoms with Crippen molar-refractivity contribution in [1.82, 2.24) is 0 Å². The zero-order valence-corrected chi connectivity index (χ0v) is 18.7. The van der Waals surface area contributed by atoms with Gasteiger partial charge in [-0.2, -0.15) is 0 Å². The average molecular weight is 465 g/mol. The Hall–Kier alpha value is -3.55. The Morgan fingerprint density at radius 2 is 1.76 bits per heavy atom. The molecule has 1 saturated heterocycles. The Kier molecular flexibility index (Phi) is 7.12. The molecule has 2 amide bonds. The van der Waals surface area contributed by atoms with Gasteiger partial charge in [-0.1, -0.05) is 41.9 Å². The van der Waals surface area contributed by atoms with Gasteiger partial charge in [0.25, 0.3) is 5.91 Å². The Bertz CT molecular complexity index is 1120. The molecule has 33 heavy (non-hydrogen) atoms. The third kappa shape index (κ3) is 6.25. The van der Waals surface area contributed by atoms with Gasteiger partial charge in [0.05, 0.1) is 0 Å². The van der Waals surface area contributed by atoms with Crippen LogP contribution in [0.3, 0.4) is 0 Å². The highest BCUT2D eigenvalue weighted by molar-refractivity contribution is 6.31. The number of nitrogens with one attached hydrogen (secondary N) is 2. The van der Waals surface area contributed by atoms with E-state index in [1.807, 2.05) is 54.6 Å². The quantitative estimate of drug-likeness (QED) is 0.483. The molecule has 0 aliphatic carbocycles. The maximum Gasteiger partial charge on any atom is 0.411 e. The van der Waals surface area contributed by atoms with Gasteiger partial charge in [0.2, 0.25) is 0 Å². The molecule has 0 spiro atoms. The highest BCUT2D eigenvalue weighted by Crippen LogP contribution is 2.24. The first-order valence-corrected chi connectivity index (χ1v) is 11.0. The van der Waals surface area contributed by atoms with Gasteiger partial charge in [0, 0.05) is 46.8 Å². The lowest BCUT2D eigenvalue weighted by Gasteiger charge is -2.18. The van der Waals surface area contributed by atoms with Gasteiger partial charge in [0.15, 0.2) is 0 Å². The van der Waals surface area contributed by atoms with Gasteiger partial charge in [-0.3, -0.25) is 10.1 Å². The third-order valence-electron chi connectivity index (χ3n) is 5.33. The second-order valence-electron chi connectivity index (χ2n) is 7.91. The van der Waals surface area contributed by atoms with Crippen LogP contribution in [0.1, 0.15) is 22.3 Å². The molecule has 170 valence electrons.